The molecule has 23 heavy (non-hydrogen) atoms. The van der Waals surface area contributed by atoms with Gasteiger partial charge in [-0.2, -0.15) is 13.2 Å². The van der Waals surface area contributed by atoms with Crippen LogP contribution < -0.4 is 10.6 Å². The van der Waals surface area contributed by atoms with Crippen LogP contribution in [0.1, 0.15) is 11.1 Å². The summed E-state index contributed by atoms with van der Waals surface area (Å²) in [7, 11) is 0. The highest BCUT2D eigenvalue weighted by Crippen LogP contribution is 2.34. The van der Waals surface area contributed by atoms with Gasteiger partial charge < -0.3 is 10.6 Å². The van der Waals surface area contributed by atoms with Gasteiger partial charge in [0.2, 0.25) is 0 Å². The van der Waals surface area contributed by atoms with Crippen molar-refractivity contribution in [3.63, 3.8) is 0 Å². The van der Waals surface area contributed by atoms with Crippen LogP contribution in [0.5, 0.6) is 0 Å². The number of urea groups is 1. The highest BCUT2D eigenvalue weighted by Gasteiger charge is 2.33. The second-order valence-electron chi connectivity index (χ2n) is 4.80. The van der Waals surface area contributed by atoms with Gasteiger partial charge in [-0.1, -0.05) is 40.2 Å². The molecule has 2 aromatic rings. The summed E-state index contributed by atoms with van der Waals surface area (Å²) in [6, 6.07) is 11.8. The Morgan fingerprint density at radius 3 is 2.35 bits per heavy atom. The van der Waals surface area contributed by atoms with E-state index in [9.17, 15) is 18.0 Å². The Bertz CT molecular complexity index is 672. The SMILES string of the molecule is O=C(NCCc1ccc(Br)cc1)Nc1ccccc1C(F)(F)F. The van der Waals surface area contributed by atoms with E-state index in [1.807, 2.05) is 24.3 Å². The van der Waals surface area contributed by atoms with Gasteiger partial charge in [-0.05, 0) is 36.2 Å². The number of nitrogens with one attached hydrogen (secondary N) is 2. The van der Waals surface area contributed by atoms with Gasteiger partial charge in [-0.25, -0.2) is 4.79 Å². The molecule has 0 aromatic heterocycles. The summed E-state index contributed by atoms with van der Waals surface area (Å²) in [5, 5.41) is 4.78. The van der Waals surface area contributed by atoms with Crippen molar-refractivity contribution in [3.05, 3.63) is 64.1 Å². The van der Waals surface area contributed by atoms with Crippen LogP contribution in [0.2, 0.25) is 0 Å². The second kappa shape index (κ2) is 7.50. The van der Waals surface area contributed by atoms with Crippen LogP contribution in [0.25, 0.3) is 0 Å². The molecule has 7 heteroatoms. The quantitative estimate of drug-likeness (QED) is 0.775. The first-order chi connectivity index (χ1) is 10.9. The van der Waals surface area contributed by atoms with E-state index >= 15 is 0 Å². The molecule has 0 radical (unpaired) electrons. The number of carbonyl (C=O) groups is 1. The predicted molar refractivity (Wildman–Crippen MR) is 86.3 cm³/mol. The Balaban J connectivity index is 1.89. The van der Waals surface area contributed by atoms with E-state index in [0.29, 0.717) is 13.0 Å². The van der Waals surface area contributed by atoms with Gasteiger partial charge in [0.05, 0.1) is 11.3 Å². The van der Waals surface area contributed by atoms with Crippen molar-refractivity contribution in [3.8, 4) is 0 Å². The molecule has 0 bridgehead atoms. The molecule has 2 N–H and O–H groups in total. The van der Waals surface area contributed by atoms with Crippen molar-refractivity contribution in [2.24, 2.45) is 0 Å². The fraction of sp³-hybridized carbons (Fsp3) is 0.188. The molecule has 2 amide bonds. The molecular formula is C16H14BrF3N2O. The molecule has 0 aliphatic heterocycles. The molecule has 0 aliphatic carbocycles. The molecule has 0 spiro atoms. The number of hydrogen-bond donors (Lipinski definition) is 2. The zero-order chi connectivity index (χ0) is 16.9. The molecule has 3 nitrogen and oxygen atoms in total. The summed E-state index contributed by atoms with van der Waals surface area (Å²) in [5.74, 6) is 0. The minimum atomic E-state index is -4.51. The first kappa shape index (κ1) is 17.3. The van der Waals surface area contributed by atoms with Crippen molar-refractivity contribution >= 4 is 27.6 Å². The molecular weight excluding hydrogens is 373 g/mol. The zero-order valence-corrected chi connectivity index (χ0v) is 13.5. The van der Waals surface area contributed by atoms with E-state index < -0.39 is 17.8 Å². The number of anilines is 1. The smallest absolute Gasteiger partial charge is 0.338 e. The third kappa shape index (κ3) is 5.28. The summed E-state index contributed by atoms with van der Waals surface area (Å²) in [6.45, 7) is 0.321. The van der Waals surface area contributed by atoms with Crippen molar-refractivity contribution in [2.75, 3.05) is 11.9 Å². The van der Waals surface area contributed by atoms with Crippen molar-refractivity contribution in [1.29, 1.82) is 0 Å². The van der Waals surface area contributed by atoms with E-state index in [4.69, 9.17) is 0 Å². The lowest BCUT2D eigenvalue weighted by Crippen LogP contribution is -2.31. The van der Waals surface area contributed by atoms with E-state index in [0.717, 1.165) is 16.1 Å². The first-order valence-corrected chi connectivity index (χ1v) is 7.61. The second-order valence-corrected chi connectivity index (χ2v) is 5.72. The molecule has 0 heterocycles. The number of carbonyl (C=O) groups excluding carboxylic acids is 1. The number of halogens is 4. The minimum absolute atomic E-state index is 0.263. The average molecular weight is 387 g/mol. The first-order valence-electron chi connectivity index (χ1n) is 6.82. The van der Waals surface area contributed by atoms with Gasteiger partial charge in [-0.3, -0.25) is 0 Å². The van der Waals surface area contributed by atoms with Gasteiger partial charge >= 0.3 is 12.2 Å². The fourth-order valence-corrected chi connectivity index (χ4v) is 2.24. The Labute approximate surface area is 140 Å². The lowest BCUT2D eigenvalue weighted by Gasteiger charge is -2.14. The van der Waals surface area contributed by atoms with E-state index in [1.54, 1.807) is 0 Å². The average Bonchev–Trinajstić information content (AvgIpc) is 2.49. The van der Waals surface area contributed by atoms with E-state index in [1.165, 1.54) is 18.2 Å². The number of benzene rings is 2. The summed E-state index contributed by atoms with van der Waals surface area (Å²) in [5.41, 5.74) is -0.117. The van der Waals surface area contributed by atoms with Crippen molar-refractivity contribution in [1.82, 2.24) is 5.32 Å². The number of para-hydroxylation sites is 1. The van der Waals surface area contributed by atoms with Crippen molar-refractivity contribution < 1.29 is 18.0 Å². The molecule has 0 aliphatic rings. The summed E-state index contributed by atoms with van der Waals surface area (Å²) < 4.78 is 39.4. The van der Waals surface area contributed by atoms with E-state index in [2.05, 4.69) is 26.6 Å². The topological polar surface area (TPSA) is 41.1 Å². The molecule has 0 unspecified atom stereocenters. The molecule has 2 rings (SSSR count). The normalized spacial score (nSPS) is 11.1. The third-order valence-electron chi connectivity index (χ3n) is 3.09. The maximum atomic E-state index is 12.8. The fourth-order valence-electron chi connectivity index (χ4n) is 1.98. The maximum Gasteiger partial charge on any atom is 0.418 e. The molecule has 122 valence electrons. The Morgan fingerprint density at radius 2 is 1.70 bits per heavy atom. The molecule has 0 atom stereocenters. The Morgan fingerprint density at radius 1 is 1.04 bits per heavy atom. The van der Waals surface area contributed by atoms with E-state index in [-0.39, 0.29) is 5.69 Å². The van der Waals surface area contributed by atoms with Crippen LogP contribution in [-0.4, -0.2) is 12.6 Å². The minimum Gasteiger partial charge on any atom is -0.338 e. The number of hydrogen-bond acceptors (Lipinski definition) is 1. The van der Waals surface area contributed by atoms with Gasteiger partial charge in [-0.15, -0.1) is 0 Å². The molecule has 0 saturated carbocycles. The Kier molecular flexibility index (Phi) is 5.65. The van der Waals surface area contributed by atoms with Crippen molar-refractivity contribution in [2.45, 2.75) is 12.6 Å². The highest BCUT2D eigenvalue weighted by molar-refractivity contribution is 9.10. The zero-order valence-electron chi connectivity index (χ0n) is 12.0. The van der Waals surface area contributed by atoms with Crippen LogP contribution >= 0.6 is 15.9 Å². The number of amides is 2. The third-order valence-corrected chi connectivity index (χ3v) is 3.62. The summed E-state index contributed by atoms with van der Waals surface area (Å²) >= 11 is 3.33. The van der Waals surface area contributed by atoms with Crippen LogP contribution in [0.4, 0.5) is 23.7 Å². The highest BCUT2D eigenvalue weighted by atomic mass is 79.9. The van der Waals surface area contributed by atoms with Gasteiger partial charge in [0.25, 0.3) is 0 Å². The summed E-state index contributed by atoms with van der Waals surface area (Å²) in [4.78, 5) is 11.7. The van der Waals surface area contributed by atoms with Gasteiger partial charge in [0.1, 0.15) is 0 Å². The maximum absolute atomic E-state index is 12.8. The van der Waals surface area contributed by atoms with Crippen LogP contribution in [0, 0.1) is 0 Å². The van der Waals surface area contributed by atoms with Crippen LogP contribution in [-0.2, 0) is 12.6 Å². The summed E-state index contributed by atoms with van der Waals surface area (Å²) in [6.07, 6.45) is -3.93. The lowest BCUT2D eigenvalue weighted by molar-refractivity contribution is -0.136. The predicted octanol–water partition coefficient (Wildman–Crippen LogP) is 4.83. The number of alkyl halides is 3. The largest absolute Gasteiger partial charge is 0.418 e. The Hall–Kier alpha value is -2.02. The standard InChI is InChI=1S/C16H14BrF3N2O/c17-12-7-5-11(6-8-12)9-10-21-15(23)22-14-4-2-1-3-13(14)16(18,19)20/h1-8H,9-10H2,(H2,21,22,23). The molecule has 2 aromatic carbocycles. The lowest BCUT2D eigenvalue weighted by atomic mass is 10.1. The monoisotopic (exact) mass is 386 g/mol. The van der Waals surface area contributed by atoms with Gasteiger partial charge in [0, 0.05) is 11.0 Å². The number of rotatable bonds is 4. The van der Waals surface area contributed by atoms with Crippen LogP contribution in [0.3, 0.4) is 0 Å². The van der Waals surface area contributed by atoms with Gasteiger partial charge in [0.15, 0.2) is 0 Å². The molecule has 0 saturated heterocycles. The van der Waals surface area contributed by atoms with Crippen LogP contribution in [0.15, 0.2) is 53.0 Å². The molecule has 0 fully saturated rings.